The summed E-state index contributed by atoms with van der Waals surface area (Å²) >= 11 is 0. The highest BCUT2D eigenvalue weighted by Crippen LogP contribution is 2.39. The number of hydrogen-bond acceptors (Lipinski definition) is 6. The van der Waals surface area contributed by atoms with Gasteiger partial charge in [0.2, 0.25) is 5.82 Å². The lowest BCUT2D eigenvalue weighted by Crippen LogP contribution is -2.19. The van der Waals surface area contributed by atoms with E-state index in [1.54, 1.807) is 6.20 Å². The predicted octanol–water partition coefficient (Wildman–Crippen LogP) is 2.74. The number of nitrogens with one attached hydrogen (secondary N) is 2. The Labute approximate surface area is 148 Å². The van der Waals surface area contributed by atoms with Gasteiger partial charge >= 0.3 is 0 Å². The molecule has 0 atom stereocenters. The average molecular weight is 347 g/mol. The van der Waals surface area contributed by atoms with Crippen LogP contribution in [0.15, 0.2) is 18.5 Å². The number of nitrogens with zero attached hydrogens (tertiary/aromatic N) is 7. The molecule has 0 radical (unpaired) electrons. The summed E-state index contributed by atoms with van der Waals surface area (Å²) < 4.78 is 2.25. The summed E-state index contributed by atoms with van der Waals surface area (Å²) in [6.45, 7) is 0. The quantitative estimate of drug-likeness (QED) is 0.587. The number of rotatable bonds is 3. The molecule has 1 aliphatic rings. The van der Waals surface area contributed by atoms with Crippen molar-refractivity contribution in [2.24, 2.45) is 5.92 Å². The highest BCUT2D eigenvalue weighted by atomic mass is 15.5. The maximum atomic E-state index is 8.97. The summed E-state index contributed by atoms with van der Waals surface area (Å²) in [5.74, 6) is 1.70. The Morgan fingerprint density at radius 2 is 2.15 bits per heavy atom. The number of aromatic amines is 2. The zero-order chi connectivity index (χ0) is 17.5. The Hall–Kier alpha value is -3.28. The molecule has 1 fully saturated rings. The van der Waals surface area contributed by atoms with Crippen molar-refractivity contribution in [2.45, 2.75) is 38.1 Å². The number of imidazole rings is 1. The fraction of sp³-hybridized carbons (Fsp3) is 0.412. The molecule has 1 saturated carbocycles. The van der Waals surface area contributed by atoms with Gasteiger partial charge in [-0.1, -0.05) is 0 Å². The molecule has 0 saturated heterocycles. The van der Waals surface area contributed by atoms with Gasteiger partial charge in [-0.2, -0.15) is 10.5 Å². The molecule has 5 rings (SSSR count). The van der Waals surface area contributed by atoms with Gasteiger partial charge in [0.05, 0.1) is 17.8 Å². The van der Waals surface area contributed by atoms with Crippen molar-refractivity contribution in [3.05, 3.63) is 18.5 Å². The molecular weight excluding hydrogens is 330 g/mol. The van der Waals surface area contributed by atoms with Crippen LogP contribution in [-0.2, 0) is 0 Å². The monoisotopic (exact) mass is 347 g/mol. The predicted molar refractivity (Wildman–Crippen MR) is 93.8 cm³/mol. The van der Waals surface area contributed by atoms with E-state index in [-0.39, 0.29) is 0 Å². The Morgan fingerprint density at radius 1 is 1.27 bits per heavy atom. The number of pyridine rings is 1. The molecule has 0 unspecified atom stereocenters. The molecule has 26 heavy (non-hydrogen) atoms. The molecule has 1 aliphatic carbocycles. The summed E-state index contributed by atoms with van der Waals surface area (Å²) in [7, 11) is 0. The van der Waals surface area contributed by atoms with Crippen LogP contribution < -0.4 is 0 Å². The van der Waals surface area contributed by atoms with Gasteiger partial charge in [-0.25, -0.2) is 9.97 Å². The van der Waals surface area contributed by atoms with Crippen molar-refractivity contribution >= 4 is 22.1 Å². The number of fused-ring (bicyclic) bond motifs is 3. The molecule has 130 valence electrons. The van der Waals surface area contributed by atoms with E-state index in [0.717, 1.165) is 47.8 Å². The van der Waals surface area contributed by atoms with E-state index < -0.39 is 0 Å². The van der Waals surface area contributed by atoms with Crippen LogP contribution in [0.2, 0.25) is 0 Å². The van der Waals surface area contributed by atoms with Gasteiger partial charge in [0.25, 0.3) is 0 Å². The summed E-state index contributed by atoms with van der Waals surface area (Å²) in [5, 5.41) is 24.5. The zero-order valence-electron chi connectivity index (χ0n) is 14.1. The van der Waals surface area contributed by atoms with Gasteiger partial charge < -0.3 is 9.55 Å². The van der Waals surface area contributed by atoms with Crippen LogP contribution in [0.1, 0.15) is 38.1 Å². The smallest absolute Gasteiger partial charge is 0.240 e. The molecule has 0 aromatic carbocycles. The van der Waals surface area contributed by atoms with Gasteiger partial charge in [-0.3, -0.25) is 0 Å². The summed E-state index contributed by atoms with van der Waals surface area (Å²) in [6, 6.07) is 4.63. The van der Waals surface area contributed by atoms with Crippen molar-refractivity contribution in [3.63, 3.8) is 0 Å². The number of nitriles is 1. The minimum Gasteiger partial charge on any atom is -0.346 e. The fourth-order valence-corrected chi connectivity index (χ4v) is 4.10. The van der Waals surface area contributed by atoms with E-state index in [1.807, 2.05) is 12.3 Å². The second kappa shape index (κ2) is 5.91. The first kappa shape index (κ1) is 15.0. The maximum absolute atomic E-state index is 8.97. The lowest BCUT2D eigenvalue weighted by atomic mass is 9.84. The van der Waals surface area contributed by atoms with Crippen LogP contribution in [-0.4, -0.2) is 40.1 Å². The zero-order valence-corrected chi connectivity index (χ0v) is 14.1. The number of hydrogen-bond donors (Lipinski definition) is 2. The third-order valence-corrected chi connectivity index (χ3v) is 5.34. The van der Waals surface area contributed by atoms with Gasteiger partial charge in [0.15, 0.2) is 5.82 Å². The van der Waals surface area contributed by atoms with Crippen LogP contribution in [0.3, 0.4) is 0 Å². The summed E-state index contributed by atoms with van der Waals surface area (Å²) in [4.78, 5) is 12.4. The standard InChI is InChI=1S/C17H17N9/c18-7-5-10-1-3-11(4-2-10)26-14-12-6-8-19-15(12)20-9-13(14)21-17(26)16-22-24-25-23-16/h6,8-11H,1-5H2,(H,19,20)(H,22,23,24,25)/t10-,11-. The average Bonchev–Trinajstić information content (AvgIpc) is 3.40. The highest BCUT2D eigenvalue weighted by Gasteiger charge is 2.28. The molecule has 0 aliphatic heterocycles. The lowest BCUT2D eigenvalue weighted by molar-refractivity contribution is 0.283. The molecular formula is C17H17N9. The molecule has 0 spiro atoms. The number of tetrazole rings is 1. The first-order valence-corrected chi connectivity index (χ1v) is 8.80. The number of aromatic nitrogens is 8. The van der Waals surface area contributed by atoms with E-state index in [9.17, 15) is 0 Å². The molecule has 4 heterocycles. The van der Waals surface area contributed by atoms with Crippen LogP contribution in [0.5, 0.6) is 0 Å². The van der Waals surface area contributed by atoms with E-state index in [1.165, 1.54) is 0 Å². The molecule has 9 nitrogen and oxygen atoms in total. The van der Waals surface area contributed by atoms with Gasteiger partial charge in [-0.05, 0) is 42.9 Å². The van der Waals surface area contributed by atoms with Crippen LogP contribution in [0.25, 0.3) is 33.7 Å². The highest BCUT2D eigenvalue weighted by molar-refractivity contribution is 6.02. The third kappa shape index (κ3) is 2.26. The number of H-pyrrole nitrogens is 2. The molecule has 2 N–H and O–H groups in total. The van der Waals surface area contributed by atoms with Gasteiger partial charge in [-0.15, -0.1) is 10.2 Å². The van der Waals surface area contributed by atoms with Crippen molar-refractivity contribution in [1.82, 2.24) is 40.1 Å². The maximum Gasteiger partial charge on any atom is 0.240 e. The normalized spacial score (nSPS) is 20.6. The second-order valence-electron chi connectivity index (χ2n) is 6.81. The van der Waals surface area contributed by atoms with Crippen molar-refractivity contribution in [2.75, 3.05) is 0 Å². The van der Waals surface area contributed by atoms with Crippen molar-refractivity contribution in [1.29, 1.82) is 5.26 Å². The minimum atomic E-state index is 0.295. The van der Waals surface area contributed by atoms with Crippen molar-refractivity contribution in [3.8, 4) is 17.7 Å². The third-order valence-electron chi connectivity index (χ3n) is 5.34. The Morgan fingerprint density at radius 3 is 2.92 bits per heavy atom. The van der Waals surface area contributed by atoms with E-state index in [2.05, 4.69) is 41.2 Å². The van der Waals surface area contributed by atoms with Crippen LogP contribution in [0.4, 0.5) is 0 Å². The molecule has 0 amide bonds. The second-order valence-corrected chi connectivity index (χ2v) is 6.81. The Bertz CT molecular complexity index is 1090. The first-order valence-electron chi connectivity index (χ1n) is 8.80. The SMILES string of the molecule is N#CC[C@H]1CC[C@H](n2c(-c3nn[nH]n3)nc3cnc4[nH]ccc4c32)CC1. The molecule has 0 bridgehead atoms. The largest absolute Gasteiger partial charge is 0.346 e. The molecule has 4 aromatic heterocycles. The first-order chi connectivity index (χ1) is 12.8. The Balaban J connectivity index is 1.68. The van der Waals surface area contributed by atoms with E-state index in [0.29, 0.717) is 30.0 Å². The van der Waals surface area contributed by atoms with E-state index in [4.69, 9.17) is 10.2 Å². The lowest BCUT2D eigenvalue weighted by Gasteiger charge is -2.29. The Kier molecular flexibility index (Phi) is 3.41. The molecule has 9 heteroatoms. The summed E-state index contributed by atoms with van der Waals surface area (Å²) in [5.41, 5.74) is 2.73. The van der Waals surface area contributed by atoms with Crippen LogP contribution in [0, 0.1) is 17.2 Å². The topological polar surface area (TPSA) is 125 Å². The van der Waals surface area contributed by atoms with Gasteiger partial charge in [0, 0.05) is 24.0 Å². The molecule has 4 aromatic rings. The fourth-order valence-electron chi connectivity index (χ4n) is 4.10. The van der Waals surface area contributed by atoms with Gasteiger partial charge in [0.1, 0.15) is 11.2 Å². The van der Waals surface area contributed by atoms with Crippen molar-refractivity contribution < 1.29 is 0 Å². The minimum absolute atomic E-state index is 0.295. The van der Waals surface area contributed by atoms with E-state index >= 15 is 0 Å². The summed E-state index contributed by atoms with van der Waals surface area (Å²) in [6.07, 6.45) is 8.44. The van der Waals surface area contributed by atoms with Crippen LogP contribution >= 0.6 is 0 Å².